The van der Waals surface area contributed by atoms with Crippen LogP contribution in [-0.4, -0.2) is 29.5 Å². The number of aliphatic hydroxyl groups excluding tert-OH is 2. The second-order valence-electron chi connectivity index (χ2n) is 3.39. The molecule has 0 heterocycles. The molecule has 0 aliphatic carbocycles. The Labute approximate surface area is 93.0 Å². The van der Waals surface area contributed by atoms with Gasteiger partial charge in [0.15, 0.2) is 0 Å². The van der Waals surface area contributed by atoms with Crippen LogP contribution in [-0.2, 0) is 6.54 Å². The summed E-state index contributed by atoms with van der Waals surface area (Å²) in [5.74, 6) is -0.454. The molecular weight excluding hydrogens is 211 g/mol. The third-order valence-electron chi connectivity index (χ3n) is 2.09. The largest absolute Gasteiger partial charge is 0.394 e. The second kappa shape index (κ2) is 6.18. The topological polar surface area (TPSA) is 76.3 Å². The molecule has 0 aliphatic heterocycles. The predicted octanol–water partition coefficient (Wildman–Crippen LogP) is 0.140. The van der Waals surface area contributed by atoms with Gasteiger partial charge in [0, 0.05) is 18.7 Å². The molecule has 0 saturated heterocycles. The normalized spacial score (nSPS) is 12.1. The van der Waals surface area contributed by atoms with E-state index >= 15 is 0 Å². The van der Waals surface area contributed by atoms with Gasteiger partial charge in [0.1, 0.15) is 5.82 Å². The number of benzene rings is 1. The summed E-state index contributed by atoms with van der Waals surface area (Å²) in [6.45, 7) is 0.105. The van der Waals surface area contributed by atoms with E-state index in [1.807, 2.05) is 6.07 Å². The molecular formula is C11H13FN2O2. The summed E-state index contributed by atoms with van der Waals surface area (Å²) < 4.78 is 13.3. The maximum Gasteiger partial charge on any atom is 0.129 e. The van der Waals surface area contributed by atoms with Crippen molar-refractivity contribution in [2.45, 2.75) is 12.6 Å². The van der Waals surface area contributed by atoms with E-state index in [0.717, 1.165) is 0 Å². The Bertz CT molecular complexity index is 390. The van der Waals surface area contributed by atoms with E-state index in [1.54, 1.807) is 0 Å². The molecule has 0 aliphatic rings. The van der Waals surface area contributed by atoms with Crippen LogP contribution in [0.2, 0.25) is 0 Å². The highest BCUT2D eigenvalue weighted by Crippen LogP contribution is 2.09. The SMILES string of the molecule is N#Cc1ccc(CNCC(O)CO)c(F)c1. The molecule has 1 aromatic rings. The highest BCUT2D eigenvalue weighted by molar-refractivity contribution is 5.32. The standard InChI is InChI=1S/C11H13FN2O2/c12-11-3-8(4-13)1-2-9(11)5-14-6-10(16)7-15/h1-3,10,14-16H,5-7H2. The smallest absolute Gasteiger partial charge is 0.129 e. The number of nitrogens with zero attached hydrogens (tertiary/aromatic N) is 1. The molecule has 0 aromatic heterocycles. The van der Waals surface area contributed by atoms with Crippen molar-refractivity contribution in [1.29, 1.82) is 5.26 Å². The lowest BCUT2D eigenvalue weighted by Gasteiger charge is -2.09. The lowest BCUT2D eigenvalue weighted by molar-refractivity contribution is 0.0941. The molecule has 1 aromatic carbocycles. The number of nitriles is 1. The van der Waals surface area contributed by atoms with Gasteiger partial charge >= 0.3 is 0 Å². The van der Waals surface area contributed by atoms with Crippen LogP contribution in [0.1, 0.15) is 11.1 Å². The van der Waals surface area contributed by atoms with Gasteiger partial charge in [0.05, 0.1) is 24.3 Å². The number of nitrogens with one attached hydrogen (secondary N) is 1. The van der Waals surface area contributed by atoms with Crippen LogP contribution >= 0.6 is 0 Å². The average molecular weight is 224 g/mol. The van der Waals surface area contributed by atoms with Crippen molar-refractivity contribution in [1.82, 2.24) is 5.32 Å². The Morgan fingerprint density at radius 1 is 1.50 bits per heavy atom. The number of rotatable bonds is 5. The van der Waals surface area contributed by atoms with E-state index in [9.17, 15) is 4.39 Å². The molecule has 0 saturated carbocycles. The Balaban J connectivity index is 2.52. The van der Waals surface area contributed by atoms with E-state index in [1.165, 1.54) is 18.2 Å². The number of hydrogen-bond donors (Lipinski definition) is 3. The summed E-state index contributed by atoms with van der Waals surface area (Å²) in [6, 6.07) is 6.06. The van der Waals surface area contributed by atoms with Crippen LogP contribution in [0.3, 0.4) is 0 Å². The van der Waals surface area contributed by atoms with Gasteiger partial charge in [-0.05, 0) is 12.1 Å². The third kappa shape index (κ3) is 3.59. The summed E-state index contributed by atoms with van der Waals surface area (Å²) in [6.07, 6.45) is -0.846. The number of aliphatic hydroxyl groups is 2. The maximum atomic E-state index is 13.3. The molecule has 86 valence electrons. The van der Waals surface area contributed by atoms with Crippen LogP contribution in [0.5, 0.6) is 0 Å². The summed E-state index contributed by atoms with van der Waals surface area (Å²) >= 11 is 0. The molecule has 4 nitrogen and oxygen atoms in total. The first kappa shape index (κ1) is 12.6. The minimum atomic E-state index is -0.846. The first-order valence-electron chi connectivity index (χ1n) is 4.85. The van der Waals surface area contributed by atoms with Crippen LogP contribution in [0.4, 0.5) is 4.39 Å². The molecule has 1 rings (SSSR count). The molecule has 5 heteroatoms. The highest BCUT2D eigenvalue weighted by Gasteiger charge is 2.05. The molecule has 16 heavy (non-hydrogen) atoms. The van der Waals surface area contributed by atoms with Crippen molar-refractivity contribution in [2.24, 2.45) is 0 Å². The van der Waals surface area contributed by atoms with Crippen LogP contribution in [0, 0.1) is 17.1 Å². The minimum Gasteiger partial charge on any atom is -0.394 e. The van der Waals surface area contributed by atoms with Gasteiger partial charge in [-0.1, -0.05) is 6.07 Å². The van der Waals surface area contributed by atoms with Gasteiger partial charge < -0.3 is 15.5 Å². The first-order valence-corrected chi connectivity index (χ1v) is 4.85. The summed E-state index contributed by atoms with van der Waals surface area (Å²) in [5, 5.41) is 28.9. The van der Waals surface area contributed by atoms with E-state index < -0.39 is 11.9 Å². The molecule has 0 radical (unpaired) electrons. The zero-order valence-electron chi connectivity index (χ0n) is 8.65. The molecule has 3 N–H and O–H groups in total. The van der Waals surface area contributed by atoms with Crippen LogP contribution in [0.15, 0.2) is 18.2 Å². The van der Waals surface area contributed by atoms with E-state index in [2.05, 4.69) is 5.32 Å². The Kier molecular flexibility index (Phi) is 4.86. The van der Waals surface area contributed by atoms with Gasteiger partial charge in [-0.15, -0.1) is 0 Å². The van der Waals surface area contributed by atoms with Crippen molar-refractivity contribution >= 4 is 0 Å². The molecule has 0 bridgehead atoms. The lowest BCUT2D eigenvalue weighted by Crippen LogP contribution is -2.29. The second-order valence-corrected chi connectivity index (χ2v) is 3.39. The molecule has 0 fully saturated rings. The molecule has 0 amide bonds. The fourth-order valence-corrected chi connectivity index (χ4v) is 1.20. The average Bonchev–Trinajstić information content (AvgIpc) is 2.30. The van der Waals surface area contributed by atoms with Gasteiger partial charge in [0.25, 0.3) is 0 Å². The quantitative estimate of drug-likeness (QED) is 0.665. The Morgan fingerprint density at radius 3 is 2.81 bits per heavy atom. The van der Waals surface area contributed by atoms with Gasteiger partial charge in [0.2, 0.25) is 0 Å². The van der Waals surface area contributed by atoms with Crippen molar-refractivity contribution < 1.29 is 14.6 Å². The predicted molar refractivity (Wildman–Crippen MR) is 55.9 cm³/mol. The maximum absolute atomic E-state index is 13.3. The molecule has 1 atom stereocenters. The minimum absolute atomic E-state index is 0.190. The van der Waals surface area contributed by atoms with Crippen molar-refractivity contribution in [3.63, 3.8) is 0 Å². The van der Waals surface area contributed by atoms with Gasteiger partial charge in [-0.2, -0.15) is 5.26 Å². The van der Waals surface area contributed by atoms with Gasteiger partial charge in [-0.3, -0.25) is 0 Å². The van der Waals surface area contributed by atoms with Crippen LogP contribution in [0.25, 0.3) is 0 Å². The fraction of sp³-hybridized carbons (Fsp3) is 0.364. The summed E-state index contributed by atoms with van der Waals surface area (Å²) in [7, 11) is 0. The van der Waals surface area contributed by atoms with E-state index in [0.29, 0.717) is 5.56 Å². The van der Waals surface area contributed by atoms with E-state index in [-0.39, 0.29) is 25.3 Å². The van der Waals surface area contributed by atoms with E-state index in [4.69, 9.17) is 15.5 Å². The first-order chi connectivity index (χ1) is 7.67. The van der Waals surface area contributed by atoms with Gasteiger partial charge in [-0.25, -0.2) is 4.39 Å². The van der Waals surface area contributed by atoms with Crippen molar-refractivity contribution in [2.75, 3.05) is 13.2 Å². The lowest BCUT2D eigenvalue weighted by atomic mass is 10.1. The monoisotopic (exact) mass is 224 g/mol. The number of hydrogen-bond acceptors (Lipinski definition) is 4. The van der Waals surface area contributed by atoms with Crippen molar-refractivity contribution in [3.8, 4) is 6.07 Å². The fourth-order valence-electron chi connectivity index (χ4n) is 1.20. The van der Waals surface area contributed by atoms with Crippen molar-refractivity contribution in [3.05, 3.63) is 35.1 Å². The zero-order chi connectivity index (χ0) is 12.0. The summed E-state index contributed by atoms with van der Waals surface area (Å²) in [5.41, 5.74) is 0.695. The third-order valence-corrected chi connectivity index (χ3v) is 2.09. The zero-order valence-corrected chi connectivity index (χ0v) is 8.65. The highest BCUT2D eigenvalue weighted by atomic mass is 19.1. The number of halogens is 1. The molecule has 1 unspecified atom stereocenters. The molecule has 0 spiro atoms. The van der Waals surface area contributed by atoms with Crippen LogP contribution < -0.4 is 5.32 Å². The Morgan fingerprint density at radius 2 is 2.25 bits per heavy atom. The Hall–Kier alpha value is -1.48. The summed E-state index contributed by atoms with van der Waals surface area (Å²) in [4.78, 5) is 0.